The maximum absolute atomic E-state index is 13.3. The molecule has 1 saturated heterocycles. The third kappa shape index (κ3) is 3.87. The van der Waals surface area contributed by atoms with Gasteiger partial charge >= 0.3 is 0 Å². The molecule has 7 nitrogen and oxygen atoms in total. The second-order valence-corrected chi connectivity index (χ2v) is 8.32. The average Bonchev–Trinajstić information content (AvgIpc) is 3.16. The number of amides is 1. The van der Waals surface area contributed by atoms with Crippen LogP contribution in [0.2, 0.25) is 0 Å². The summed E-state index contributed by atoms with van der Waals surface area (Å²) in [4.78, 5) is 31.3. The van der Waals surface area contributed by atoms with Gasteiger partial charge in [0.25, 0.3) is 5.91 Å². The zero-order valence-corrected chi connectivity index (χ0v) is 18.3. The molecule has 1 atom stereocenters. The van der Waals surface area contributed by atoms with Crippen LogP contribution in [0.1, 0.15) is 24.1 Å². The summed E-state index contributed by atoms with van der Waals surface area (Å²) < 4.78 is 0. The van der Waals surface area contributed by atoms with E-state index in [0.29, 0.717) is 11.4 Å². The van der Waals surface area contributed by atoms with E-state index in [0.717, 1.165) is 54.3 Å². The van der Waals surface area contributed by atoms with Gasteiger partial charge in [-0.1, -0.05) is 18.2 Å². The Labute approximate surface area is 187 Å². The van der Waals surface area contributed by atoms with E-state index in [4.69, 9.17) is 0 Å². The Kier molecular flexibility index (Phi) is 5.41. The number of nitrogens with one attached hydrogen (secondary N) is 1. The molecule has 4 heterocycles. The van der Waals surface area contributed by atoms with Gasteiger partial charge in [0.05, 0.1) is 11.7 Å². The molecule has 32 heavy (non-hydrogen) atoms. The number of anilines is 2. The summed E-state index contributed by atoms with van der Waals surface area (Å²) >= 11 is 0. The lowest BCUT2D eigenvalue weighted by Crippen LogP contribution is -2.45. The smallest absolute Gasteiger partial charge is 0.274 e. The first-order valence-corrected chi connectivity index (χ1v) is 10.9. The number of hydrogen-bond acceptors (Lipinski definition) is 6. The minimum Gasteiger partial charge on any atom is -0.352 e. The molecule has 0 spiro atoms. The van der Waals surface area contributed by atoms with Gasteiger partial charge in [-0.05, 0) is 49.4 Å². The highest BCUT2D eigenvalue weighted by Gasteiger charge is 2.28. The van der Waals surface area contributed by atoms with Crippen molar-refractivity contribution in [2.24, 2.45) is 4.99 Å². The van der Waals surface area contributed by atoms with E-state index in [1.54, 1.807) is 12.4 Å². The zero-order valence-electron chi connectivity index (χ0n) is 18.3. The molecule has 7 heteroatoms. The van der Waals surface area contributed by atoms with Crippen molar-refractivity contribution in [3.8, 4) is 11.1 Å². The van der Waals surface area contributed by atoms with Gasteiger partial charge < -0.3 is 15.1 Å². The maximum atomic E-state index is 13.3. The molecule has 0 bridgehead atoms. The summed E-state index contributed by atoms with van der Waals surface area (Å²) in [5, 5.41) is 3.08. The predicted molar refractivity (Wildman–Crippen MR) is 127 cm³/mol. The number of aromatic nitrogens is 2. The van der Waals surface area contributed by atoms with Crippen molar-refractivity contribution in [3.05, 3.63) is 72.2 Å². The van der Waals surface area contributed by atoms with E-state index in [9.17, 15) is 4.79 Å². The number of carbonyl (C=O) groups excluding carboxylic acids is 1. The van der Waals surface area contributed by atoms with Crippen LogP contribution in [-0.4, -0.2) is 59.7 Å². The van der Waals surface area contributed by atoms with Crippen molar-refractivity contribution < 1.29 is 4.79 Å². The zero-order chi connectivity index (χ0) is 22.1. The van der Waals surface area contributed by atoms with Gasteiger partial charge in [-0.3, -0.25) is 14.8 Å². The van der Waals surface area contributed by atoms with E-state index in [2.05, 4.69) is 49.3 Å². The number of fused-ring (bicyclic) bond motifs is 1. The number of piperazine rings is 1. The maximum Gasteiger partial charge on any atom is 0.274 e. The number of rotatable bonds is 4. The summed E-state index contributed by atoms with van der Waals surface area (Å²) in [5.74, 6) is 0.604. The number of nitrogens with zero attached hydrogens (tertiary/aromatic N) is 5. The normalized spacial score (nSPS) is 18.2. The standard InChI is InChI=1S/C25H26N6O/c1-17-20-8-7-18(19-5-3-9-26-16-19)15-21(20)23(28-17)25(32)29-22-6-4-10-27-24(22)31-13-11-30(2)12-14-31/h3-10,15-17H,11-14H2,1-2H3,(H,29,32)/t17-/m0/s1. The van der Waals surface area contributed by atoms with Gasteiger partial charge in [-0.25, -0.2) is 4.98 Å². The molecule has 2 aliphatic rings. The third-order valence-electron chi connectivity index (χ3n) is 6.13. The van der Waals surface area contributed by atoms with Crippen molar-refractivity contribution in [2.45, 2.75) is 13.0 Å². The largest absolute Gasteiger partial charge is 0.352 e. The SMILES string of the molecule is C[C@@H]1N=C(C(=O)Nc2cccnc2N2CCN(C)CC2)c2cc(-c3cccnc3)ccc21. The molecule has 0 radical (unpaired) electrons. The molecule has 0 saturated carbocycles. The minimum atomic E-state index is -0.206. The Morgan fingerprint density at radius 1 is 1.03 bits per heavy atom. The molecule has 2 aromatic heterocycles. The second-order valence-electron chi connectivity index (χ2n) is 8.32. The molecule has 1 fully saturated rings. The fourth-order valence-corrected chi connectivity index (χ4v) is 4.30. The molecule has 3 aromatic rings. The van der Waals surface area contributed by atoms with Gasteiger partial charge in [-0.15, -0.1) is 0 Å². The molecule has 5 rings (SSSR count). The van der Waals surface area contributed by atoms with Crippen molar-refractivity contribution in [1.29, 1.82) is 0 Å². The topological polar surface area (TPSA) is 73.7 Å². The van der Waals surface area contributed by atoms with Gasteiger partial charge in [0, 0.05) is 55.9 Å². The number of benzene rings is 1. The summed E-state index contributed by atoms with van der Waals surface area (Å²) in [5.41, 5.74) is 5.15. The number of hydrogen-bond donors (Lipinski definition) is 1. The Balaban J connectivity index is 1.42. The molecular formula is C25H26N6O. The molecule has 0 aliphatic carbocycles. The summed E-state index contributed by atoms with van der Waals surface area (Å²) in [7, 11) is 2.12. The van der Waals surface area contributed by atoms with E-state index in [1.165, 1.54) is 0 Å². The first-order valence-electron chi connectivity index (χ1n) is 10.9. The Bertz CT molecular complexity index is 1170. The van der Waals surface area contributed by atoms with Crippen LogP contribution in [0.15, 0.2) is 66.0 Å². The monoisotopic (exact) mass is 426 g/mol. The first-order chi connectivity index (χ1) is 15.6. The van der Waals surface area contributed by atoms with Crippen molar-refractivity contribution in [2.75, 3.05) is 43.4 Å². The molecule has 1 aromatic carbocycles. The molecule has 162 valence electrons. The van der Waals surface area contributed by atoms with E-state index < -0.39 is 0 Å². The Morgan fingerprint density at radius 3 is 2.62 bits per heavy atom. The lowest BCUT2D eigenvalue weighted by Gasteiger charge is -2.34. The molecule has 0 unspecified atom stereocenters. The van der Waals surface area contributed by atoms with Gasteiger partial charge in [0.2, 0.25) is 0 Å². The van der Waals surface area contributed by atoms with E-state index >= 15 is 0 Å². The van der Waals surface area contributed by atoms with Gasteiger partial charge in [-0.2, -0.15) is 0 Å². The predicted octanol–water partition coefficient (Wildman–Crippen LogP) is 3.40. The number of aliphatic imine (C=N–C) groups is 1. The van der Waals surface area contributed by atoms with Crippen molar-refractivity contribution >= 4 is 23.1 Å². The fraction of sp³-hybridized carbons (Fsp3) is 0.280. The lowest BCUT2D eigenvalue weighted by molar-refractivity contribution is -0.110. The highest BCUT2D eigenvalue weighted by Crippen LogP contribution is 2.33. The summed E-state index contributed by atoms with van der Waals surface area (Å²) in [6, 6.07) is 13.8. The Hall–Kier alpha value is -3.58. The van der Waals surface area contributed by atoms with Crippen LogP contribution in [0.3, 0.4) is 0 Å². The first kappa shape index (κ1) is 20.3. The molecule has 1 amide bonds. The minimum absolute atomic E-state index is 0.0558. The van der Waals surface area contributed by atoms with Crippen molar-refractivity contribution in [1.82, 2.24) is 14.9 Å². The van der Waals surface area contributed by atoms with Gasteiger partial charge in [0.1, 0.15) is 5.71 Å². The van der Waals surface area contributed by atoms with Crippen LogP contribution in [-0.2, 0) is 4.79 Å². The lowest BCUT2D eigenvalue weighted by atomic mass is 9.96. The number of pyridine rings is 2. The summed E-state index contributed by atoms with van der Waals surface area (Å²) in [6.45, 7) is 5.72. The fourth-order valence-electron chi connectivity index (χ4n) is 4.30. The molecule has 1 N–H and O–H groups in total. The van der Waals surface area contributed by atoms with E-state index in [-0.39, 0.29) is 11.9 Å². The Morgan fingerprint density at radius 2 is 1.84 bits per heavy atom. The van der Waals surface area contributed by atoms with Crippen LogP contribution in [0.4, 0.5) is 11.5 Å². The molecular weight excluding hydrogens is 400 g/mol. The van der Waals surface area contributed by atoms with Crippen molar-refractivity contribution in [3.63, 3.8) is 0 Å². The number of likely N-dealkylation sites (N-methyl/N-ethyl adjacent to an activating group) is 1. The molecule has 2 aliphatic heterocycles. The second kappa shape index (κ2) is 8.51. The van der Waals surface area contributed by atoms with E-state index in [1.807, 2.05) is 43.5 Å². The quantitative estimate of drug-likeness (QED) is 0.692. The van der Waals surface area contributed by atoms with Crippen LogP contribution in [0.25, 0.3) is 11.1 Å². The highest BCUT2D eigenvalue weighted by atomic mass is 16.1. The average molecular weight is 427 g/mol. The van der Waals surface area contributed by atoms with Crippen LogP contribution in [0.5, 0.6) is 0 Å². The third-order valence-corrected chi connectivity index (χ3v) is 6.13. The van der Waals surface area contributed by atoms with Gasteiger partial charge in [0.15, 0.2) is 5.82 Å². The van der Waals surface area contributed by atoms with Crippen LogP contribution < -0.4 is 10.2 Å². The van der Waals surface area contributed by atoms with Crippen LogP contribution >= 0.6 is 0 Å². The highest BCUT2D eigenvalue weighted by molar-refractivity contribution is 6.50. The summed E-state index contributed by atoms with van der Waals surface area (Å²) in [6.07, 6.45) is 5.36. The number of carbonyl (C=O) groups is 1. The van der Waals surface area contributed by atoms with Crippen LogP contribution in [0, 0.1) is 0 Å².